The summed E-state index contributed by atoms with van der Waals surface area (Å²) < 4.78 is 0. The van der Waals surface area contributed by atoms with Gasteiger partial charge in [-0.2, -0.15) is 0 Å². The third kappa shape index (κ3) is 2.81. The predicted molar refractivity (Wildman–Crippen MR) is 61.6 cm³/mol. The lowest BCUT2D eigenvalue weighted by Crippen LogP contribution is -2.40. The van der Waals surface area contributed by atoms with Gasteiger partial charge >= 0.3 is 0 Å². The molecule has 0 bridgehead atoms. The molecular weight excluding hydrogens is 188 g/mol. The van der Waals surface area contributed by atoms with E-state index in [1.165, 1.54) is 0 Å². The maximum Gasteiger partial charge on any atom is 0.133 e. The maximum absolute atomic E-state index is 11.5. The van der Waals surface area contributed by atoms with Gasteiger partial charge in [-0.3, -0.25) is 4.79 Å². The number of aliphatic hydroxyl groups is 1. The Morgan fingerprint density at radius 2 is 1.93 bits per heavy atom. The molecule has 1 fully saturated rings. The Hall–Kier alpha value is -0.370. The Bertz CT molecular complexity index is 213. The topological polar surface area (TPSA) is 37.3 Å². The van der Waals surface area contributed by atoms with Crippen molar-refractivity contribution in [3.8, 4) is 0 Å². The van der Waals surface area contributed by atoms with E-state index in [4.69, 9.17) is 0 Å². The first-order valence-electron chi connectivity index (χ1n) is 6.30. The third-order valence-electron chi connectivity index (χ3n) is 3.95. The molecule has 0 aromatic heterocycles. The number of ketones is 1. The van der Waals surface area contributed by atoms with Crippen LogP contribution in [0.1, 0.15) is 52.9 Å². The van der Waals surface area contributed by atoms with Gasteiger partial charge in [0.15, 0.2) is 0 Å². The van der Waals surface area contributed by atoms with Crippen LogP contribution >= 0.6 is 0 Å². The summed E-state index contributed by atoms with van der Waals surface area (Å²) in [5, 5.41) is 9.99. The summed E-state index contributed by atoms with van der Waals surface area (Å²) in [6.45, 7) is 5.99. The molecule has 0 aliphatic heterocycles. The maximum atomic E-state index is 11.5. The zero-order chi connectivity index (χ0) is 11.4. The minimum Gasteiger partial charge on any atom is -0.393 e. The minimum atomic E-state index is -0.175. The zero-order valence-corrected chi connectivity index (χ0v) is 10.2. The molecule has 4 unspecified atom stereocenters. The molecule has 1 aliphatic carbocycles. The van der Waals surface area contributed by atoms with Crippen molar-refractivity contribution in [3.05, 3.63) is 0 Å². The van der Waals surface area contributed by atoms with E-state index in [0.717, 1.165) is 32.1 Å². The molecule has 0 aromatic carbocycles. The van der Waals surface area contributed by atoms with Crippen molar-refractivity contribution < 1.29 is 9.90 Å². The van der Waals surface area contributed by atoms with Crippen LogP contribution in [0.15, 0.2) is 0 Å². The number of aliphatic hydroxyl groups excluding tert-OH is 1. The fraction of sp³-hybridized carbons (Fsp3) is 0.923. The van der Waals surface area contributed by atoms with Crippen LogP contribution in [-0.4, -0.2) is 17.0 Å². The minimum absolute atomic E-state index is 0.175. The van der Waals surface area contributed by atoms with Gasteiger partial charge in [0, 0.05) is 5.92 Å². The Balaban J connectivity index is 2.75. The second kappa shape index (κ2) is 5.64. The molecule has 4 atom stereocenters. The van der Waals surface area contributed by atoms with Gasteiger partial charge in [0.1, 0.15) is 5.78 Å². The highest BCUT2D eigenvalue weighted by molar-refractivity contribution is 5.78. The normalized spacial score (nSPS) is 36.5. The molecule has 15 heavy (non-hydrogen) atoms. The molecule has 0 saturated heterocycles. The van der Waals surface area contributed by atoms with E-state index < -0.39 is 0 Å². The Morgan fingerprint density at radius 1 is 1.27 bits per heavy atom. The van der Waals surface area contributed by atoms with Gasteiger partial charge < -0.3 is 5.11 Å². The first kappa shape index (κ1) is 12.7. The Morgan fingerprint density at radius 3 is 2.40 bits per heavy atom. The summed E-state index contributed by atoms with van der Waals surface area (Å²) in [5.74, 6) is 1.28. The molecule has 88 valence electrons. The lowest BCUT2D eigenvalue weighted by molar-refractivity contribution is -0.127. The molecular formula is C13H24O2. The zero-order valence-electron chi connectivity index (χ0n) is 10.2. The van der Waals surface area contributed by atoms with Crippen molar-refractivity contribution >= 4 is 5.78 Å². The lowest BCUT2D eigenvalue weighted by Gasteiger charge is -2.40. The summed E-state index contributed by atoms with van der Waals surface area (Å²) in [6.07, 6.45) is 4.70. The van der Waals surface area contributed by atoms with Crippen LogP contribution in [0.4, 0.5) is 0 Å². The van der Waals surface area contributed by atoms with Crippen molar-refractivity contribution in [1.29, 1.82) is 0 Å². The number of carbonyl (C=O) groups is 1. The first-order valence-corrected chi connectivity index (χ1v) is 6.30. The monoisotopic (exact) mass is 212 g/mol. The Labute approximate surface area is 93.1 Å². The summed E-state index contributed by atoms with van der Waals surface area (Å²) in [4.78, 5) is 11.5. The highest BCUT2D eigenvalue weighted by Crippen LogP contribution is 2.39. The summed E-state index contributed by atoms with van der Waals surface area (Å²) in [5.41, 5.74) is 0. The second-order valence-corrected chi connectivity index (χ2v) is 4.89. The van der Waals surface area contributed by atoms with Crippen molar-refractivity contribution in [1.82, 2.24) is 0 Å². The van der Waals surface area contributed by atoms with Gasteiger partial charge in [-0.15, -0.1) is 0 Å². The van der Waals surface area contributed by atoms with Gasteiger partial charge in [-0.05, 0) is 38.0 Å². The van der Waals surface area contributed by atoms with Crippen LogP contribution in [0.25, 0.3) is 0 Å². The largest absolute Gasteiger partial charge is 0.393 e. The number of hydrogen-bond donors (Lipinski definition) is 1. The number of hydrogen-bond acceptors (Lipinski definition) is 2. The van der Waals surface area contributed by atoms with Crippen LogP contribution in [0.5, 0.6) is 0 Å². The van der Waals surface area contributed by atoms with E-state index in [2.05, 4.69) is 13.8 Å². The quantitative estimate of drug-likeness (QED) is 0.778. The van der Waals surface area contributed by atoms with E-state index in [0.29, 0.717) is 17.6 Å². The van der Waals surface area contributed by atoms with Gasteiger partial charge in [-0.1, -0.05) is 26.7 Å². The average Bonchev–Trinajstić information content (AvgIpc) is 2.20. The molecule has 1 rings (SSSR count). The van der Waals surface area contributed by atoms with Gasteiger partial charge in [0.25, 0.3) is 0 Å². The fourth-order valence-electron chi connectivity index (χ4n) is 3.19. The first-order chi connectivity index (χ1) is 7.11. The van der Waals surface area contributed by atoms with Gasteiger partial charge in [0.2, 0.25) is 0 Å². The second-order valence-electron chi connectivity index (χ2n) is 4.89. The molecule has 0 amide bonds. The number of Topliss-reactive ketones (excluding diaryl/α,β-unsaturated/α-hetero) is 1. The summed E-state index contributed by atoms with van der Waals surface area (Å²) >= 11 is 0. The lowest BCUT2D eigenvalue weighted by atomic mass is 9.66. The van der Waals surface area contributed by atoms with Gasteiger partial charge in [0.05, 0.1) is 6.10 Å². The fourth-order valence-corrected chi connectivity index (χ4v) is 3.19. The molecule has 1 N–H and O–H groups in total. The van der Waals surface area contributed by atoms with Crippen molar-refractivity contribution in [2.75, 3.05) is 0 Å². The molecule has 2 nitrogen and oxygen atoms in total. The van der Waals surface area contributed by atoms with E-state index >= 15 is 0 Å². The molecule has 0 heterocycles. The van der Waals surface area contributed by atoms with E-state index in [1.807, 2.05) is 0 Å². The van der Waals surface area contributed by atoms with Gasteiger partial charge in [-0.25, -0.2) is 0 Å². The van der Waals surface area contributed by atoms with Crippen LogP contribution in [0.3, 0.4) is 0 Å². The molecule has 0 radical (unpaired) electrons. The van der Waals surface area contributed by atoms with Crippen molar-refractivity contribution in [3.63, 3.8) is 0 Å². The highest BCUT2D eigenvalue weighted by Gasteiger charge is 2.38. The molecule has 1 aliphatic rings. The van der Waals surface area contributed by atoms with Crippen LogP contribution < -0.4 is 0 Å². The summed E-state index contributed by atoms with van der Waals surface area (Å²) in [6, 6.07) is 0. The van der Waals surface area contributed by atoms with E-state index in [9.17, 15) is 9.90 Å². The SMILES string of the molecule is CCCC1C(O)CCC(C(C)=O)C1CC. The molecule has 0 aromatic rings. The molecule has 1 saturated carbocycles. The smallest absolute Gasteiger partial charge is 0.133 e. The van der Waals surface area contributed by atoms with Crippen LogP contribution in [0.2, 0.25) is 0 Å². The van der Waals surface area contributed by atoms with Crippen molar-refractivity contribution in [2.45, 2.75) is 59.0 Å². The molecule has 2 heteroatoms. The van der Waals surface area contributed by atoms with E-state index in [1.54, 1.807) is 6.92 Å². The van der Waals surface area contributed by atoms with Crippen LogP contribution in [0, 0.1) is 17.8 Å². The number of rotatable bonds is 4. The van der Waals surface area contributed by atoms with Crippen LogP contribution in [-0.2, 0) is 4.79 Å². The van der Waals surface area contributed by atoms with E-state index in [-0.39, 0.29) is 12.0 Å². The number of carbonyl (C=O) groups excluding carboxylic acids is 1. The Kier molecular flexibility index (Phi) is 4.78. The highest BCUT2D eigenvalue weighted by atomic mass is 16.3. The molecule has 0 spiro atoms. The summed E-state index contributed by atoms with van der Waals surface area (Å²) in [7, 11) is 0. The predicted octanol–water partition coefficient (Wildman–Crippen LogP) is 2.79. The average molecular weight is 212 g/mol. The standard InChI is InChI=1S/C13H24O2/c1-4-6-12-10(5-2)11(9(3)14)7-8-13(12)15/h10-13,15H,4-8H2,1-3H3. The van der Waals surface area contributed by atoms with Crippen molar-refractivity contribution in [2.24, 2.45) is 17.8 Å². The third-order valence-corrected chi connectivity index (χ3v) is 3.95.